The number of hydrogen-bond donors (Lipinski definition) is 0. The molecule has 0 heterocycles. The monoisotopic (exact) mass is 138 g/mol. The first-order valence-electron chi connectivity index (χ1n) is 4.30. The summed E-state index contributed by atoms with van der Waals surface area (Å²) < 4.78 is 0. The molecule has 3 atom stereocenters. The Bertz CT molecular complexity index is 162. The van der Waals surface area contributed by atoms with Gasteiger partial charge in [0.05, 0.1) is 0 Å². The van der Waals surface area contributed by atoms with Gasteiger partial charge in [-0.25, -0.2) is 0 Å². The van der Waals surface area contributed by atoms with Crippen LogP contribution in [-0.2, 0) is 4.79 Å². The molecule has 2 aliphatic carbocycles. The molecule has 0 aromatic heterocycles. The van der Waals surface area contributed by atoms with Gasteiger partial charge in [0.2, 0.25) is 0 Å². The van der Waals surface area contributed by atoms with Gasteiger partial charge in [-0.2, -0.15) is 0 Å². The summed E-state index contributed by atoms with van der Waals surface area (Å²) in [5.41, 5.74) is 0. The van der Waals surface area contributed by atoms with E-state index in [0.29, 0.717) is 11.7 Å². The molecule has 2 aliphatic rings. The molecule has 1 heteroatoms. The van der Waals surface area contributed by atoms with Crippen molar-refractivity contribution in [3.63, 3.8) is 0 Å². The molecule has 2 fully saturated rings. The molecule has 0 N–H and O–H groups in total. The predicted molar refractivity (Wildman–Crippen MR) is 39.6 cm³/mol. The highest BCUT2D eigenvalue weighted by Gasteiger charge is 2.38. The van der Waals surface area contributed by atoms with Crippen molar-refractivity contribution in [2.75, 3.05) is 0 Å². The SMILES string of the molecule is C[C@@H]1C(=O)C[C@@H]2CC[C@H]1C2. The van der Waals surface area contributed by atoms with Gasteiger partial charge in [0.1, 0.15) is 5.78 Å². The van der Waals surface area contributed by atoms with E-state index in [4.69, 9.17) is 0 Å². The lowest BCUT2D eigenvalue weighted by molar-refractivity contribution is -0.126. The molecule has 0 saturated heterocycles. The highest BCUT2D eigenvalue weighted by atomic mass is 16.1. The summed E-state index contributed by atoms with van der Waals surface area (Å²) in [6.07, 6.45) is 4.86. The Hall–Kier alpha value is -0.330. The van der Waals surface area contributed by atoms with Crippen molar-refractivity contribution in [3.8, 4) is 0 Å². The highest BCUT2D eigenvalue weighted by Crippen LogP contribution is 2.43. The number of rotatable bonds is 0. The van der Waals surface area contributed by atoms with Gasteiger partial charge >= 0.3 is 0 Å². The Balaban J connectivity index is 2.17. The van der Waals surface area contributed by atoms with Crippen LogP contribution in [0.1, 0.15) is 32.6 Å². The van der Waals surface area contributed by atoms with E-state index in [0.717, 1.165) is 18.3 Å². The molecular weight excluding hydrogens is 124 g/mol. The summed E-state index contributed by atoms with van der Waals surface area (Å²) in [5.74, 6) is 2.44. The zero-order chi connectivity index (χ0) is 7.14. The first-order chi connectivity index (χ1) is 4.77. The van der Waals surface area contributed by atoms with E-state index >= 15 is 0 Å². The quantitative estimate of drug-likeness (QED) is 0.500. The van der Waals surface area contributed by atoms with Gasteiger partial charge in [0.15, 0.2) is 0 Å². The topological polar surface area (TPSA) is 17.1 Å². The fraction of sp³-hybridized carbons (Fsp3) is 0.889. The molecule has 0 amide bonds. The second-order valence-corrected chi connectivity index (χ2v) is 3.90. The van der Waals surface area contributed by atoms with Gasteiger partial charge in [0.25, 0.3) is 0 Å². The minimum absolute atomic E-state index is 0.388. The lowest BCUT2D eigenvalue weighted by atomic mass is 9.80. The maximum absolute atomic E-state index is 11.3. The lowest BCUT2D eigenvalue weighted by Gasteiger charge is -2.23. The van der Waals surface area contributed by atoms with Crippen molar-refractivity contribution in [1.29, 1.82) is 0 Å². The average Bonchev–Trinajstić information content (AvgIpc) is 2.29. The summed E-state index contributed by atoms with van der Waals surface area (Å²) >= 11 is 0. The van der Waals surface area contributed by atoms with Crippen molar-refractivity contribution >= 4 is 5.78 Å². The lowest BCUT2D eigenvalue weighted by Crippen LogP contribution is -2.24. The van der Waals surface area contributed by atoms with Gasteiger partial charge in [-0.3, -0.25) is 4.79 Å². The molecule has 10 heavy (non-hydrogen) atoms. The van der Waals surface area contributed by atoms with E-state index in [9.17, 15) is 4.79 Å². The van der Waals surface area contributed by atoms with Crippen LogP contribution in [0.25, 0.3) is 0 Å². The number of ketones is 1. The van der Waals surface area contributed by atoms with Crippen LogP contribution in [0, 0.1) is 17.8 Å². The van der Waals surface area contributed by atoms with Crippen molar-refractivity contribution < 1.29 is 4.79 Å². The van der Waals surface area contributed by atoms with E-state index in [1.807, 2.05) is 0 Å². The molecular formula is C9H14O. The zero-order valence-corrected chi connectivity index (χ0v) is 6.47. The van der Waals surface area contributed by atoms with Crippen LogP contribution in [0.5, 0.6) is 0 Å². The largest absolute Gasteiger partial charge is 0.299 e. The van der Waals surface area contributed by atoms with Gasteiger partial charge in [-0.05, 0) is 31.1 Å². The van der Waals surface area contributed by atoms with E-state index in [1.165, 1.54) is 19.3 Å². The van der Waals surface area contributed by atoms with E-state index in [1.54, 1.807) is 0 Å². The van der Waals surface area contributed by atoms with Crippen LogP contribution in [0.3, 0.4) is 0 Å². The van der Waals surface area contributed by atoms with Crippen LogP contribution < -0.4 is 0 Å². The van der Waals surface area contributed by atoms with Gasteiger partial charge in [-0.1, -0.05) is 6.92 Å². The normalized spacial score (nSPS) is 46.1. The second-order valence-electron chi connectivity index (χ2n) is 3.90. The van der Waals surface area contributed by atoms with Gasteiger partial charge in [0, 0.05) is 12.3 Å². The minimum atomic E-state index is 0.388. The van der Waals surface area contributed by atoms with Gasteiger partial charge in [-0.15, -0.1) is 0 Å². The highest BCUT2D eigenvalue weighted by molar-refractivity contribution is 5.82. The first kappa shape index (κ1) is 6.38. The van der Waals surface area contributed by atoms with Crippen LogP contribution in [0.2, 0.25) is 0 Å². The molecule has 2 saturated carbocycles. The van der Waals surface area contributed by atoms with Crippen molar-refractivity contribution in [2.45, 2.75) is 32.6 Å². The Kier molecular flexibility index (Phi) is 1.33. The summed E-state index contributed by atoms with van der Waals surface area (Å²) in [6.45, 7) is 2.11. The molecule has 0 radical (unpaired) electrons. The second kappa shape index (κ2) is 2.08. The smallest absolute Gasteiger partial charge is 0.136 e. The first-order valence-corrected chi connectivity index (χ1v) is 4.30. The fourth-order valence-electron chi connectivity index (χ4n) is 2.49. The van der Waals surface area contributed by atoms with Gasteiger partial charge < -0.3 is 0 Å². The van der Waals surface area contributed by atoms with Crippen LogP contribution in [0.4, 0.5) is 0 Å². The minimum Gasteiger partial charge on any atom is -0.299 e. The number of Topliss-reactive ketones (excluding diaryl/α,β-unsaturated/α-hetero) is 1. The number of hydrogen-bond acceptors (Lipinski definition) is 1. The maximum atomic E-state index is 11.3. The summed E-state index contributed by atoms with van der Waals surface area (Å²) in [6, 6.07) is 0. The maximum Gasteiger partial charge on any atom is 0.136 e. The molecule has 0 aliphatic heterocycles. The fourth-order valence-corrected chi connectivity index (χ4v) is 2.49. The molecule has 0 spiro atoms. The molecule has 0 aromatic rings. The van der Waals surface area contributed by atoms with Crippen molar-refractivity contribution in [3.05, 3.63) is 0 Å². The third kappa shape index (κ3) is 0.799. The third-order valence-electron chi connectivity index (χ3n) is 3.29. The number of carbonyl (C=O) groups excluding carboxylic acids is 1. The molecule has 56 valence electrons. The molecule has 1 nitrogen and oxygen atoms in total. The Morgan fingerprint density at radius 1 is 1.40 bits per heavy atom. The van der Waals surface area contributed by atoms with Crippen LogP contribution in [0.15, 0.2) is 0 Å². The summed E-state index contributed by atoms with van der Waals surface area (Å²) in [7, 11) is 0. The average molecular weight is 138 g/mol. The van der Waals surface area contributed by atoms with Crippen molar-refractivity contribution in [2.24, 2.45) is 17.8 Å². The standard InChI is InChI=1S/C9H14O/c1-6-8-3-2-7(4-8)5-9(6)10/h6-8H,2-5H2,1H3/t6-,7+,8-/m0/s1. The van der Waals surface area contributed by atoms with Crippen LogP contribution >= 0.6 is 0 Å². The van der Waals surface area contributed by atoms with E-state index < -0.39 is 0 Å². The van der Waals surface area contributed by atoms with Crippen molar-refractivity contribution in [1.82, 2.24) is 0 Å². The summed E-state index contributed by atoms with van der Waals surface area (Å²) in [4.78, 5) is 11.3. The van der Waals surface area contributed by atoms with E-state index in [-0.39, 0.29) is 0 Å². The third-order valence-corrected chi connectivity index (χ3v) is 3.29. The number of carbonyl (C=O) groups is 1. The molecule has 2 bridgehead atoms. The molecule has 0 aromatic carbocycles. The molecule has 2 rings (SSSR count). The van der Waals surface area contributed by atoms with E-state index in [2.05, 4.69) is 6.92 Å². The molecule has 0 unspecified atom stereocenters. The Morgan fingerprint density at radius 2 is 2.20 bits per heavy atom. The Labute approximate surface area is 61.8 Å². The zero-order valence-electron chi connectivity index (χ0n) is 6.47. The Morgan fingerprint density at radius 3 is 3.00 bits per heavy atom. The van der Waals surface area contributed by atoms with Crippen LogP contribution in [-0.4, -0.2) is 5.78 Å². The number of fused-ring (bicyclic) bond motifs is 2. The summed E-state index contributed by atoms with van der Waals surface area (Å²) in [5, 5.41) is 0. The predicted octanol–water partition coefficient (Wildman–Crippen LogP) is 2.01.